The van der Waals surface area contributed by atoms with Crippen molar-refractivity contribution in [2.45, 2.75) is 19.9 Å². The minimum Gasteiger partial charge on any atom is -0.330 e. The molecular formula is C12H13FN2S. The topological polar surface area (TPSA) is 20.7 Å². The van der Waals surface area contributed by atoms with Crippen molar-refractivity contribution in [3.8, 4) is 0 Å². The van der Waals surface area contributed by atoms with Gasteiger partial charge < -0.3 is 9.55 Å². The molecule has 16 heavy (non-hydrogen) atoms. The van der Waals surface area contributed by atoms with Crippen molar-refractivity contribution in [2.75, 3.05) is 0 Å². The maximum absolute atomic E-state index is 13.1. The molecule has 1 N–H and O–H groups in total. The van der Waals surface area contributed by atoms with Crippen molar-refractivity contribution in [3.63, 3.8) is 0 Å². The molecule has 4 heteroatoms. The van der Waals surface area contributed by atoms with Gasteiger partial charge in [0.15, 0.2) is 4.77 Å². The summed E-state index contributed by atoms with van der Waals surface area (Å²) in [5.41, 5.74) is 1.80. The monoisotopic (exact) mass is 236 g/mol. The van der Waals surface area contributed by atoms with E-state index in [4.69, 9.17) is 12.2 Å². The molecule has 0 spiro atoms. The summed E-state index contributed by atoms with van der Waals surface area (Å²) in [4.78, 5) is 3.05. The number of aromatic amines is 1. The average Bonchev–Trinajstić information content (AvgIpc) is 2.82. The summed E-state index contributed by atoms with van der Waals surface area (Å²) < 4.78 is 15.8. The molecule has 0 aliphatic heterocycles. The molecule has 1 aromatic carbocycles. The number of imidazole rings is 1. The van der Waals surface area contributed by atoms with Gasteiger partial charge in [0.2, 0.25) is 0 Å². The second kappa shape index (κ2) is 3.42. The molecule has 1 aromatic heterocycles. The predicted molar refractivity (Wildman–Crippen MR) is 64.4 cm³/mol. The van der Waals surface area contributed by atoms with Gasteiger partial charge in [0, 0.05) is 6.54 Å². The predicted octanol–water partition coefficient (Wildman–Crippen LogP) is 3.49. The van der Waals surface area contributed by atoms with Gasteiger partial charge >= 0.3 is 0 Å². The number of H-pyrrole nitrogens is 1. The van der Waals surface area contributed by atoms with Crippen LogP contribution < -0.4 is 0 Å². The van der Waals surface area contributed by atoms with Crippen LogP contribution in [0, 0.1) is 22.4 Å². The number of fused-ring (bicyclic) bond motifs is 1. The highest BCUT2D eigenvalue weighted by molar-refractivity contribution is 7.71. The molecule has 0 radical (unpaired) electrons. The molecule has 0 bridgehead atoms. The summed E-state index contributed by atoms with van der Waals surface area (Å²) in [6.45, 7) is 3.20. The summed E-state index contributed by atoms with van der Waals surface area (Å²) in [5.74, 6) is 1.30. The van der Waals surface area contributed by atoms with E-state index in [0.717, 1.165) is 29.4 Å². The van der Waals surface area contributed by atoms with Crippen LogP contribution in [-0.2, 0) is 6.54 Å². The summed E-state index contributed by atoms with van der Waals surface area (Å²) >= 11 is 5.27. The number of nitrogens with one attached hydrogen (secondary N) is 1. The van der Waals surface area contributed by atoms with Crippen LogP contribution in [0.25, 0.3) is 11.0 Å². The van der Waals surface area contributed by atoms with Crippen LogP contribution in [0.5, 0.6) is 0 Å². The molecule has 1 aliphatic carbocycles. The van der Waals surface area contributed by atoms with Crippen molar-refractivity contribution in [2.24, 2.45) is 11.8 Å². The Hall–Kier alpha value is -1.16. The van der Waals surface area contributed by atoms with Crippen molar-refractivity contribution in [3.05, 3.63) is 28.8 Å². The first-order valence-corrected chi connectivity index (χ1v) is 5.94. The highest BCUT2D eigenvalue weighted by Crippen LogP contribution is 2.39. The fourth-order valence-electron chi connectivity index (χ4n) is 2.21. The third-order valence-electron chi connectivity index (χ3n) is 3.43. The third-order valence-corrected chi connectivity index (χ3v) is 3.75. The van der Waals surface area contributed by atoms with Crippen LogP contribution in [0.4, 0.5) is 4.39 Å². The van der Waals surface area contributed by atoms with E-state index in [-0.39, 0.29) is 5.82 Å². The van der Waals surface area contributed by atoms with E-state index < -0.39 is 0 Å². The van der Waals surface area contributed by atoms with E-state index >= 15 is 0 Å². The van der Waals surface area contributed by atoms with E-state index in [0.29, 0.717) is 4.77 Å². The first-order chi connectivity index (χ1) is 7.65. The highest BCUT2D eigenvalue weighted by Gasteiger charge is 2.33. The molecule has 0 saturated heterocycles. The minimum atomic E-state index is -0.226. The highest BCUT2D eigenvalue weighted by atomic mass is 32.1. The quantitative estimate of drug-likeness (QED) is 0.791. The molecule has 3 rings (SSSR count). The van der Waals surface area contributed by atoms with Gasteiger partial charge in [-0.05, 0) is 48.7 Å². The number of benzene rings is 1. The Kier molecular flexibility index (Phi) is 2.14. The van der Waals surface area contributed by atoms with Gasteiger partial charge in [-0.2, -0.15) is 0 Å². The van der Waals surface area contributed by atoms with Gasteiger partial charge in [-0.3, -0.25) is 0 Å². The Morgan fingerprint density at radius 1 is 1.56 bits per heavy atom. The molecule has 1 saturated carbocycles. The number of halogens is 1. The molecule has 1 aliphatic rings. The number of hydrogen-bond acceptors (Lipinski definition) is 1. The zero-order valence-electron chi connectivity index (χ0n) is 9.03. The summed E-state index contributed by atoms with van der Waals surface area (Å²) in [7, 11) is 0. The fraction of sp³-hybridized carbons (Fsp3) is 0.417. The lowest BCUT2D eigenvalue weighted by Crippen LogP contribution is -2.00. The van der Waals surface area contributed by atoms with Gasteiger partial charge in [-0.1, -0.05) is 6.92 Å². The standard InChI is InChI=1S/C12H13FN2S/c1-7-4-8(7)6-15-11-3-2-9(13)5-10(11)14-12(15)16/h2-3,5,7-8H,4,6H2,1H3,(H,14,16). The SMILES string of the molecule is CC1CC1Cn1c(=S)[nH]c2cc(F)ccc21. The average molecular weight is 236 g/mol. The molecule has 2 unspecified atom stereocenters. The molecule has 84 valence electrons. The van der Waals surface area contributed by atoms with Crippen LogP contribution in [-0.4, -0.2) is 9.55 Å². The van der Waals surface area contributed by atoms with Crippen LogP contribution in [0.15, 0.2) is 18.2 Å². The second-order valence-corrected chi connectivity index (χ2v) is 5.06. The lowest BCUT2D eigenvalue weighted by atomic mass is 10.3. The Morgan fingerprint density at radius 2 is 2.31 bits per heavy atom. The first kappa shape index (κ1) is 10.0. The van der Waals surface area contributed by atoms with Crippen LogP contribution in [0.3, 0.4) is 0 Å². The molecule has 1 fully saturated rings. The summed E-state index contributed by atoms with van der Waals surface area (Å²) in [6, 6.07) is 4.78. The Balaban J connectivity index is 2.09. The van der Waals surface area contributed by atoms with Crippen molar-refractivity contribution >= 4 is 23.3 Å². The maximum Gasteiger partial charge on any atom is 0.178 e. The third kappa shape index (κ3) is 1.57. The Bertz CT molecular complexity index is 599. The fourth-order valence-corrected chi connectivity index (χ4v) is 2.49. The summed E-state index contributed by atoms with van der Waals surface area (Å²) in [5, 5.41) is 0. The van der Waals surface area contributed by atoms with Gasteiger partial charge in [-0.25, -0.2) is 4.39 Å². The number of aromatic nitrogens is 2. The zero-order valence-corrected chi connectivity index (χ0v) is 9.85. The van der Waals surface area contributed by atoms with Gasteiger partial charge in [-0.15, -0.1) is 0 Å². The van der Waals surface area contributed by atoms with Gasteiger partial charge in [0.05, 0.1) is 11.0 Å². The molecule has 2 atom stereocenters. The van der Waals surface area contributed by atoms with E-state index in [1.54, 1.807) is 6.07 Å². The minimum absolute atomic E-state index is 0.226. The molecule has 1 heterocycles. The van der Waals surface area contributed by atoms with E-state index in [1.807, 2.05) is 0 Å². The van der Waals surface area contributed by atoms with E-state index in [2.05, 4.69) is 16.5 Å². The van der Waals surface area contributed by atoms with Crippen molar-refractivity contribution < 1.29 is 4.39 Å². The van der Waals surface area contributed by atoms with Crippen molar-refractivity contribution in [1.82, 2.24) is 9.55 Å². The number of nitrogens with zero attached hydrogens (tertiary/aromatic N) is 1. The lowest BCUT2D eigenvalue weighted by Gasteiger charge is -2.02. The first-order valence-electron chi connectivity index (χ1n) is 5.53. The van der Waals surface area contributed by atoms with Gasteiger partial charge in [0.1, 0.15) is 5.82 Å². The Morgan fingerprint density at radius 3 is 3.00 bits per heavy atom. The number of rotatable bonds is 2. The molecule has 2 nitrogen and oxygen atoms in total. The smallest absolute Gasteiger partial charge is 0.178 e. The van der Waals surface area contributed by atoms with Gasteiger partial charge in [0.25, 0.3) is 0 Å². The summed E-state index contributed by atoms with van der Waals surface area (Å²) in [6.07, 6.45) is 1.27. The van der Waals surface area contributed by atoms with Crippen LogP contribution in [0.1, 0.15) is 13.3 Å². The van der Waals surface area contributed by atoms with E-state index in [9.17, 15) is 4.39 Å². The number of hydrogen-bond donors (Lipinski definition) is 1. The molecule has 0 amide bonds. The Labute approximate surface area is 98.1 Å². The second-order valence-electron chi connectivity index (χ2n) is 4.68. The molecule has 2 aromatic rings. The normalized spacial score (nSPS) is 23.9. The van der Waals surface area contributed by atoms with E-state index in [1.165, 1.54) is 18.6 Å². The maximum atomic E-state index is 13.1. The largest absolute Gasteiger partial charge is 0.330 e. The van der Waals surface area contributed by atoms with Crippen LogP contribution >= 0.6 is 12.2 Å². The molecular weight excluding hydrogens is 223 g/mol. The zero-order chi connectivity index (χ0) is 11.3. The lowest BCUT2D eigenvalue weighted by molar-refractivity contribution is 0.600. The van der Waals surface area contributed by atoms with Crippen molar-refractivity contribution in [1.29, 1.82) is 0 Å². The van der Waals surface area contributed by atoms with Crippen LogP contribution in [0.2, 0.25) is 0 Å².